The molecular weight excluding hydrogens is 264 g/mol. The van der Waals surface area contributed by atoms with Crippen molar-refractivity contribution in [2.24, 2.45) is 0 Å². The first-order valence-electron chi connectivity index (χ1n) is 5.74. The lowest BCUT2D eigenvalue weighted by Crippen LogP contribution is -2.07. The molecule has 0 radical (unpaired) electrons. The van der Waals surface area contributed by atoms with Crippen LogP contribution in [0.3, 0.4) is 0 Å². The third kappa shape index (κ3) is 3.35. The highest BCUT2D eigenvalue weighted by Crippen LogP contribution is 2.24. The predicted octanol–water partition coefficient (Wildman–Crippen LogP) is 1.91. The number of anilines is 1. The molecule has 1 aromatic heterocycles. The number of ether oxygens (including phenoxy) is 1. The molecule has 0 atom stereocenters. The van der Waals surface area contributed by atoms with Gasteiger partial charge in [-0.25, -0.2) is 4.79 Å². The van der Waals surface area contributed by atoms with Gasteiger partial charge in [0.05, 0.1) is 5.69 Å². The number of hydrogen-bond donors (Lipinski definition) is 2. The SMILES string of the molecule is CC(=O)Nc1ccccc1OCc1cc(C(=O)O)no1. The van der Waals surface area contributed by atoms with Crippen molar-refractivity contribution >= 4 is 17.6 Å². The molecular formula is C13H12N2O5. The van der Waals surface area contributed by atoms with Gasteiger partial charge >= 0.3 is 5.97 Å². The number of carboxylic acids is 1. The van der Waals surface area contributed by atoms with E-state index in [1.165, 1.54) is 13.0 Å². The van der Waals surface area contributed by atoms with Crippen LogP contribution in [-0.2, 0) is 11.4 Å². The summed E-state index contributed by atoms with van der Waals surface area (Å²) >= 11 is 0. The van der Waals surface area contributed by atoms with Gasteiger partial charge in [0.1, 0.15) is 12.4 Å². The van der Waals surface area contributed by atoms with Gasteiger partial charge in [0.2, 0.25) is 5.91 Å². The van der Waals surface area contributed by atoms with Crippen LogP contribution in [0, 0.1) is 0 Å². The lowest BCUT2D eigenvalue weighted by molar-refractivity contribution is -0.114. The largest absolute Gasteiger partial charge is 0.483 e. The number of hydrogen-bond acceptors (Lipinski definition) is 5. The van der Waals surface area contributed by atoms with Gasteiger partial charge in [0, 0.05) is 13.0 Å². The lowest BCUT2D eigenvalue weighted by Gasteiger charge is -2.09. The number of carbonyl (C=O) groups excluding carboxylic acids is 1. The van der Waals surface area contributed by atoms with Crippen LogP contribution in [0.2, 0.25) is 0 Å². The Balaban J connectivity index is 2.06. The molecule has 0 aliphatic carbocycles. The molecule has 20 heavy (non-hydrogen) atoms. The lowest BCUT2D eigenvalue weighted by atomic mass is 10.3. The summed E-state index contributed by atoms with van der Waals surface area (Å²) in [5, 5.41) is 14.7. The second kappa shape index (κ2) is 5.87. The molecule has 2 rings (SSSR count). The summed E-state index contributed by atoms with van der Waals surface area (Å²) in [6.45, 7) is 1.41. The predicted molar refractivity (Wildman–Crippen MR) is 68.5 cm³/mol. The van der Waals surface area contributed by atoms with E-state index in [-0.39, 0.29) is 24.0 Å². The second-order valence-electron chi connectivity index (χ2n) is 3.95. The Morgan fingerprint density at radius 2 is 2.15 bits per heavy atom. The third-order valence-corrected chi connectivity index (χ3v) is 2.35. The molecule has 0 fully saturated rings. The number of rotatable bonds is 5. The average Bonchev–Trinajstić information content (AvgIpc) is 2.86. The number of benzene rings is 1. The molecule has 2 N–H and O–H groups in total. The minimum Gasteiger partial charge on any atom is -0.483 e. The van der Waals surface area contributed by atoms with Crippen molar-refractivity contribution < 1.29 is 24.0 Å². The average molecular weight is 276 g/mol. The van der Waals surface area contributed by atoms with Crippen LogP contribution in [0.25, 0.3) is 0 Å². The fourth-order valence-electron chi connectivity index (χ4n) is 1.52. The first-order valence-corrected chi connectivity index (χ1v) is 5.74. The van der Waals surface area contributed by atoms with E-state index >= 15 is 0 Å². The quantitative estimate of drug-likeness (QED) is 0.864. The number of nitrogens with zero attached hydrogens (tertiary/aromatic N) is 1. The molecule has 1 amide bonds. The molecule has 1 heterocycles. The molecule has 0 bridgehead atoms. The zero-order valence-electron chi connectivity index (χ0n) is 10.6. The molecule has 0 aliphatic rings. The highest BCUT2D eigenvalue weighted by atomic mass is 16.5. The molecule has 0 saturated heterocycles. The standard InChI is InChI=1S/C13H12N2O5/c1-8(16)14-10-4-2-3-5-12(10)19-7-9-6-11(13(17)18)15-20-9/h2-6H,7H2,1H3,(H,14,16)(H,17,18). The van der Waals surface area contributed by atoms with E-state index < -0.39 is 5.97 Å². The van der Waals surface area contributed by atoms with Crippen LogP contribution < -0.4 is 10.1 Å². The van der Waals surface area contributed by atoms with Gasteiger partial charge in [-0.05, 0) is 12.1 Å². The van der Waals surface area contributed by atoms with E-state index in [1.807, 2.05) is 0 Å². The number of aromatic nitrogens is 1. The second-order valence-corrected chi connectivity index (χ2v) is 3.95. The van der Waals surface area contributed by atoms with Gasteiger partial charge in [0.15, 0.2) is 11.5 Å². The van der Waals surface area contributed by atoms with Crippen LogP contribution >= 0.6 is 0 Å². The summed E-state index contributed by atoms with van der Waals surface area (Å²) in [5.74, 6) is -0.650. The van der Waals surface area contributed by atoms with Gasteiger partial charge < -0.3 is 19.7 Å². The van der Waals surface area contributed by atoms with Crippen molar-refractivity contribution in [3.05, 3.63) is 41.8 Å². The molecule has 7 heteroatoms. The monoisotopic (exact) mass is 276 g/mol. The Labute approximate surface area is 114 Å². The van der Waals surface area contributed by atoms with Crippen LogP contribution in [0.15, 0.2) is 34.9 Å². The Morgan fingerprint density at radius 3 is 2.80 bits per heavy atom. The van der Waals surface area contributed by atoms with E-state index in [0.717, 1.165) is 0 Å². The van der Waals surface area contributed by atoms with E-state index in [0.29, 0.717) is 11.4 Å². The van der Waals surface area contributed by atoms with Gasteiger partial charge in [-0.15, -0.1) is 0 Å². The summed E-state index contributed by atoms with van der Waals surface area (Å²) < 4.78 is 10.3. The Bertz CT molecular complexity index is 635. The van der Waals surface area contributed by atoms with E-state index in [4.69, 9.17) is 14.4 Å². The molecule has 7 nitrogen and oxygen atoms in total. The Morgan fingerprint density at radius 1 is 1.40 bits per heavy atom. The van der Waals surface area contributed by atoms with Crippen LogP contribution in [-0.4, -0.2) is 22.1 Å². The zero-order chi connectivity index (χ0) is 14.5. The minimum atomic E-state index is -1.17. The maximum absolute atomic E-state index is 11.1. The summed E-state index contributed by atoms with van der Waals surface area (Å²) in [4.78, 5) is 21.7. The summed E-state index contributed by atoms with van der Waals surface area (Å²) in [6, 6.07) is 8.17. The van der Waals surface area contributed by atoms with Crippen LogP contribution in [0.1, 0.15) is 23.2 Å². The van der Waals surface area contributed by atoms with Crippen molar-refractivity contribution in [2.45, 2.75) is 13.5 Å². The summed E-state index contributed by atoms with van der Waals surface area (Å²) in [7, 11) is 0. The molecule has 0 spiro atoms. The van der Waals surface area contributed by atoms with Gasteiger partial charge in [-0.3, -0.25) is 4.79 Å². The van der Waals surface area contributed by atoms with Crippen molar-refractivity contribution in [1.29, 1.82) is 0 Å². The van der Waals surface area contributed by atoms with Crippen LogP contribution in [0.5, 0.6) is 5.75 Å². The molecule has 1 aromatic carbocycles. The van der Waals surface area contributed by atoms with Gasteiger partial charge in [-0.1, -0.05) is 17.3 Å². The van der Waals surface area contributed by atoms with Crippen LogP contribution in [0.4, 0.5) is 5.69 Å². The fourth-order valence-corrected chi connectivity index (χ4v) is 1.52. The molecule has 0 unspecified atom stereocenters. The van der Waals surface area contributed by atoms with Crippen molar-refractivity contribution in [3.8, 4) is 5.75 Å². The first kappa shape index (κ1) is 13.6. The maximum Gasteiger partial charge on any atom is 0.358 e. The molecule has 104 valence electrons. The highest BCUT2D eigenvalue weighted by molar-refractivity contribution is 5.90. The van der Waals surface area contributed by atoms with Gasteiger partial charge in [-0.2, -0.15) is 0 Å². The fraction of sp³-hybridized carbons (Fsp3) is 0.154. The molecule has 0 aliphatic heterocycles. The Kier molecular flexibility index (Phi) is 3.99. The molecule has 0 saturated carbocycles. The Hall–Kier alpha value is -2.83. The summed E-state index contributed by atoms with van der Waals surface area (Å²) in [5.41, 5.74) is 0.344. The third-order valence-electron chi connectivity index (χ3n) is 2.35. The summed E-state index contributed by atoms with van der Waals surface area (Å²) in [6.07, 6.45) is 0. The van der Waals surface area contributed by atoms with Gasteiger partial charge in [0.25, 0.3) is 0 Å². The van der Waals surface area contributed by atoms with E-state index in [9.17, 15) is 9.59 Å². The number of para-hydroxylation sites is 2. The zero-order valence-corrected chi connectivity index (χ0v) is 10.6. The van der Waals surface area contributed by atoms with Crippen molar-refractivity contribution in [2.75, 3.05) is 5.32 Å². The normalized spacial score (nSPS) is 10.1. The number of carboxylic acid groups (broad SMARTS) is 1. The smallest absolute Gasteiger partial charge is 0.358 e. The number of amides is 1. The number of nitrogens with one attached hydrogen (secondary N) is 1. The van der Waals surface area contributed by atoms with E-state index in [2.05, 4.69) is 10.5 Å². The number of aromatic carboxylic acids is 1. The first-order chi connectivity index (χ1) is 9.56. The minimum absolute atomic E-state index is 0.0108. The van der Waals surface area contributed by atoms with Crippen molar-refractivity contribution in [1.82, 2.24) is 5.16 Å². The maximum atomic E-state index is 11.1. The highest BCUT2D eigenvalue weighted by Gasteiger charge is 2.12. The van der Waals surface area contributed by atoms with E-state index in [1.54, 1.807) is 24.3 Å². The topological polar surface area (TPSA) is 102 Å². The van der Waals surface area contributed by atoms with Crippen molar-refractivity contribution in [3.63, 3.8) is 0 Å². The number of carbonyl (C=O) groups is 2. The molecule has 2 aromatic rings.